The zero-order chi connectivity index (χ0) is 21.1. The third-order valence-corrected chi connectivity index (χ3v) is 5.89. The highest BCUT2D eigenvalue weighted by atomic mass is 16.5. The minimum atomic E-state index is -0.263. The van der Waals surface area contributed by atoms with E-state index in [1.165, 1.54) is 0 Å². The van der Waals surface area contributed by atoms with E-state index in [4.69, 9.17) is 4.74 Å². The van der Waals surface area contributed by atoms with E-state index in [1.807, 2.05) is 18.2 Å². The molecule has 0 unspecified atom stereocenters. The van der Waals surface area contributed by atoms with Crippen LogP contribution in [0, 0.1) is 5.92 Å². The van der Waals surface area contributed by atoms with Crippen LogP contribution in [-0.2, 0) is 0 Å². The van der Waals surface area contributed by atoms with E-state index in [0.717, 1.165) is 44.5 Å². The van der Waals surface area contributed by atoms with Gasteiger partial charge in [0.1, 0.15) is 5.75 Å². The average molecular weight is 408 g/mol. The fourth-order valence-electron chi connectivity index (χ4n) is 3.84. The van der Waals surface area contributed by atoms with Gasteiger partial charge in [0.05, 0.1) is 18.2 Å². The maximum absolute atomic E-state index is 13.0. The predicted octanol–water partition coefficient (Wildman–Crippen LogP) is 4.08. The van der Waals surface area contributed by atoms with Crippen LogP contribution in [0.15, 0.2) is 42.5 Å². The maximum Gasteiger partial charge on any atom is 0.259 e. The second-order valence-electron chi connectivity index (χ2n) is 8.30. The van der Waals surface area contributed by atoms with Gasteiger partial charge in [-0.2, -0.15) is 0 Å². The molecular weight excluding hydrogens is 378 g/mol. The van der Waals surface area contributed by atoms with Crippen molar-refractivity contribution in [2.24, 2.45) is 5.92 Å². The molecule has 1 aliphatic heterocycles. The van der Waals surface area contributed by atoms with Gasteiger partial charge in [-0.05, 0) is 61.9 Å². The quantitative estimate of drug-likeness (QED) is 0.757. The number of anilines is 2. The van der Waals surface area contributed by atoms with Crippen LogP contribution in [-0.4, -0.2) is 38.1 Å². The van der Waals surface area contributed by atoms with Gasteiger partial charge in [0, 0.05) is 30.5 Å². The number of para-hydroxylation sites is 1. The standard InChI is InChI=1S/C24H29N3O3/c1-16-11-13-27(14-12-16)21-10-9-18(15-20(21)24(29)25-17-7-8-17)26-23(28)19-5-3-4-6-22(19)30-2/h3-6,9-10,15-17H,7-8,11-14H2,1-2H3,(H,25,29)(H,26,28). The van der Waals surface area contributed by atoms with Crippen molar-refractivity contribution in [3.8, 4) is 5.75 Å². The molecule has 2 N–H and O–H groups in total. The van der Waals surface area contributed by atoms with Crippen LogP contribution in [0.1, 0.15) is 53.3 Å². The Labute approximate surface area is 177 Å². The first kappa shape index (κ1) is 20.3. The van der Waals surface area contributed by atoms with Crippen molar-refractivity contribution in [2.75, 3.05) is 30.4 Å². The molecule has 6 nitrogen and oxygen atoms in total. The van der Waals surface area contributed by atoms with Gasteiger partial charge in [-0.15, -0.1) is 0 Å². The Morgan fingerprint density at radius 1 is 0.967 bits per heavy atom. The molecular formula is C24H29N3O3. The number of ether oxygens (including phenoxy) is 1. The van der Waals surface area contributed by atoms with Crippen LogP contribution < -0.4 is 20.3 Å². The fraction of sp³-hybridized carbons (Fsp3) is 0.417. The lowest BCUT2D eigenvalue weighted by molar-refractivity contribution is 0.0950. The average Bonchev–Trinajstić information content (AvgIpc) is 3.58. The van der Waals surface area contributed by atoms with Crippen LogP contribution in [0.2, 0.25) is 0 Å². The molecule has 0 aromatic heterocycles. The molecule has 0 radical (unpaired) electrons. The molecule has 0 bridgehead atoms. The highest BCUT2D eigenvalue weighted by Crippen LogP contribution is 2.30. The van der Waals surface area contributed by atoms with Crippen molar-refractivity contribution in [1.82, 2.24) is 5.32 Å². The van der Waals surface area contributed by atoms with Crippen LogP contribution in [0.25, 0.3) is 0 Å². The predicted molar refractivity (Wildman–Crippen MR) is 118 cm³/mol. The number of benzene rings is 2. The van der Waals surface area contributed by atoms with Crippen molar-refractivity contribution in [3.63, 3.8) is 0 Å². The molecule has 1 aliphatic carbocycles. The lowest BCUT2D eigenvalue weighted by atomic mass is 9.97. The summed E-state index contributed by atoms with van der Waals surface area (Å²) in [4.78, 5) is 28.0. The molecule has 0 spiro atoms. The molecule has 30 heavy (non-hydrogen) atoms. The van der Waals surface area contributed by atoms with E-state index >= 15 is 0 Å². The number of methoxy groups -OCH3 is 1. The van der Waals surface area contributed by atoms with E-state index in [-0.39, 0.29) is 17.9 Å². The summed E-state index contributed by atoms with van der Waals surface area (Å²) in [6.45, 7) is 4.16. The molecule has 0 atom stereocenters. The highest BCUT2D eigenvalue weighted by Gasteiger charge is 2.27. The van der Waals surface area contributed by atoms with E-state index in [2.05, 4.69) is 22.5 Å². The van der Waals surface area contributed by atoms with Crippen LogP contribution in [0.4, 0.5) is 11.4 Å². The summed E-state index contributed by atoms with van der Waals surface area (Å²) in [5.41, 5.74) is 2.61. The first-order valence-corrected chi connectivity index (χ1v) is 10.7. The number of carbonyl (C=O) groups excluding carboxylic acids is 2. The minimum Gasteiger partial charge on any atom is -0.496 e. The number of hydrogen-bond acceptors (Lipinski definition) is 4. The second kappa shape index (κ2) is 8.78. The molecule has 158 valence electrons. The van der Waals surface area contributed by atoms with Crippen molar-refractivity contribution in [1.29, 1.82) is 0 Å². The molecule has 6 heteroatoms. The van der Waals surface area contributed by atoms with Crippen molar-refractivity contribution in [2.45, 2.75) is 38.6 Å². The van der Waals surface area contributed by atoms with E-state index in [1.54, 1.807) is 31.4 Å². The van der Waals surface area contributed by atoms with Crippen LogP contribution in [0.3, 0.4) is 0 Å². The Bertz CT molecular complexity index is 931. The monoisotopic (exact) mass is 407 g/mol. The lowest BCUT2D eigenvalue weighted by Gasteiger charge is -2.33. The third-order valence-electron chi connectivity index (χ3n) is 5.89. The smallest absolute Gasteiger partial charge is 0.259 e. The van der Waals surface area contributed by atoms with Crippen LogP contribution >= 0.6 is 0 Å². The maximum atomic E-state index is 13.0. The Balaban J connectivity index is 1.59. The van der Waals surface area contributed by atoms with Crippen LogP contribution in [0.5, 0.6) is 5.75 Å². The van der Waals surface area contributed by atoms with E-state index in [9.17, 15) is 9.59 Å². The second-order valence-corrected chi connectivity index (χ2v) is 8.30. The van der Waals surface area contributed by atoms with Crippen molar-refractivity contribution in [3.05, 3.63) is 53.6 Å². The summed E-state index contributed by atoms with van der Waals surface area (Å²) >= 11 is 0. The fourth-order valence-corrected chi connectivity index (χ4v) is 3.84. The summed E-state index contributed by atoms with van der Waals surface area (Å²) in [5, 5.41) is 6.01. The van der Waals surface area contributed by atoms with Gasteiger partial charge in [0.2, 0.25) is 0 Å². The zero-order valence-electron chi connectivity index (χ0n) is 17.6. The summed E-state index contributed by atoms with van der Waals surface area (Å²) < 4.78 is 5.29. The lowest BCUT2D eigenvalue weighted by Crippen LogP contribution is -2.35. The van der Waals surface area contributed by atoms with Gasteiger partial charge in [-0.1, -0.05) is 19.1 Å². The molecule has 2 aromatic carbocycles. The highest BCUT2D eigenvalue weighted by molar-refractivity contribution is 6.07. The zero-order valence-corrected chi connectivity index (χ0v) is 17.6. The van der Waals surface area contributed by atoms with Crippen molar-refractivity contribution >= 4 is 23.2 Å². The Hall–Kier alpha value is -3.02. The number of amides is 2. The normalized spacial score (nSPS) is 16.8. The summed E-state index contributed by atoms with van der Waals surface area (Å²) in [5.74, 6) is 0.894. The Morgan fingerprint density at radius 3 is 2.40 bits per heavy atom. The Kier molecular flexibility index (Phi) is 5.93. The van der Waals surface area contributed by atoms with Gasteiger partial charge in [0.25, 0.3) is 11.8 Å². The first-order valence-electron chi connectivity index (χ1n) is 10.7. The molecule has 1 saturated heterocycles. The van der Waals surface area contributed by atoms with Crippen molar-refractivity contribution < 1.29 is 14.3 Å². The molecule has 1 heterocycles. The minimum absolute atomic E-state index is 0.0699. The number of carbonyl (C=O) groups is 2. The molecule has 2 aliphatic rings. The number of piperidine rings is 1. The molecule has 2 amide bonds. The number of rotatable bonds is 6. The first-order chi connectivity index (χ1) is 14.5. The summed E-state index contributed by atoms with van der Waals surface area (Å²) in [6, 6.07) is 13.0. The summed E-state index contributed by atoms with van der Waals surface area (Å²) in [7, 11) is 1.54. The van der Waals surface area contributed by atoms with Gasteiger partial charge in [-0.3, -0.25) is 9.59 Å². The van der Waals surface area contributed by atoms with E-state index < -0.39 is 0 Å². The van der Waals surface area contributed by atoms with Gasteiger partial charge >= 0.3 is 0 Å². The molecule has 4 rings (SSSR count). The number of hydrogen-bond donors (Lipinski definition) is 2. The molecule has 2 aromatic rings. The number of nitrogens with zero attached hydrogens (tertiary/aromatic N) is 1. The largest absolute Gasteiger partial charge is 0.496 e. The topological polar surface area (TPSA) is 70.7 Å². The van der Waals surface area contributed by atoms with E-state index in [0.29, 0.717) is 28.5 Å². The van der Waals surface area contributed by atoms with Gasteiger partial charge < -0.3 is 20.3 Å². The number of nitrogens with one attached hydrogen (secondary N) is 2. The summed E-state index contributed by atoms with van der Waals surface area (Å²) in [6.07, 6.45) is 4.31. The molecule has 1 saturated carbocycles. The van der Waals surface area contributed by atoms with Gasteiger partial charge in [-0.25, -0.2) is 0 Å². The Morgan fingerprint density at radius 2 is 1.70 bits per heavy atom. The molecule has 2 fully saturated rings. The third kappa shape index (κ3) is 4.58. The van der Waals surface area contributed by atoms with Gasteiger partial charge in [0.15, 0.2) is 0 Å². The SMILES string of the molecule is COc1ccccc1C(=O)Nc1ccc(N2CCC(C)CC2)c(C(=O)NC2CC2)c1.